The Bertz CT molecular complexity index is 164. The Kier molecular flexibility index (Phi) is 5.34. The van der Waals surface area contributed by atoms with Crippen LogP contribution < -0.4 is 5.32 Å². The van der Waals surface area contributed by atoms with Crippen molar-refractivity contribution in [3.05, 3.63) is 0 Å². The Hall–Kier alpha value is -0.860. The second-order valence-corrected chi connectivity index (χ2v) is 3.10. The number of carbonyl (C=O) groups excluding carboxylic acids is 2. The lowest BCUT2D eigenvalue weighted by Crippen LogP contribution is -2.26. The first kappa shape index (κ1) is 11.1. The van der Waals surface area contributed by atoms with Gasteiger partial charge in [0.05, 0.1) is 0 Å². The van der Waals surface area contributed by atoms with E-state index in [0.717, 1.165) is 12.8 Å². The number of nitrogens with zero attached hydrogens (tertiary/aromatic N) is 1. The Morgan fingerprint density at radius 1 is 1.33 bits per heavy atom. The van der Waals surface area contributed by atoms with Crippen molar-refractivity contribution in [2.45, 2.75) is 40.0 Å². The molecule has 0 saturated heterocycles. The highest BCUT2D eigenvalue weighted by Crippen LogP contribution is 1.97. The Morgan fingerprint density at radius 3 is 2.33 bits per heavy atom. The van der Waals surface area contributed by atoms with Crippen molar-refractivity contribution in [2.75, 3.05) is 0 Å². The topological polar surface area (TPSA) is 48.2 Å². The number of amides is 2. The summed E-state index contributed by atoms with van der Waals surface area (Å²) < 4.78 is 0. The lowest BCUT2D eigenvalue weighted by molar-refractivity contribution is -0.132. The summed E-state index contributed by atoms with van der Waals surface area (Å²) in [5, 5.41) is 3.44. The standard InChI is InChI=1S/C9H16NO2/c1-4-5-6-8(11)10-9(12)7(2)3/h7H,4-6H2,1-3H3. The van der Waals surface area contributed by atoms with E-state index in [2.05, 4.69) is 5.32 Å². The van der Waals surface area contributed by atoms with Crippen molar-refractivity contribution >= 4 is 11.8 Å². The summed E-state index contributed by atoms with van der Waals surface area (Å²) in [5.74, 6) is -0.762. The van der Waals surface area contributed by atoms with Crippen LogP contribution in [0.3, 0.4) is 0 Å². The van der Waals surface area contributed by atoms with Gasteiger partial charge in [-0.15, -0.1) is 0 Å². The second kappa shape index (κ2) is 5.75. The lowest BCUT2D eigenvalue weighted by atomic mass is 10.2. The number of unbranched alkanes of at least 4 members (excludes halogenated alkanes) is 1. The van der Waals surface area contributed by atoms with Crippen molar-refractivity contribution in [3.63, 3.8) is 0 Å². The Morgan fingerprint density at radius 2 is 1.92 bits per heavy atom. The van der Waals surface area contributed by atoms with E-state index >= 15 is 0 Å². The minimum Gasteiger partial charge on any atom is -0.273 e. The molecule has 0 fully saturated rings. The van der Waals surface area contributed by atoms with E-state index in [-0.39, 0.29) is 17.7 Å². The molecule has 3 nitrogen and oxygen atoms in total. The maximum atomic E-state index is 10.9. The van der Waals surface area contributed by atoms with Gasteiger partial charge in [-0.3, -0.25) is 9.59 Å². The van der Waals surface area contributed by atoms with Crippen LogP contribution in [0.15, 0.2) is 0 Å². The van der Waals surface area contributed by atoms with Crippen LogP contribution in [0.25, 0.3) is 0 Å². The van der Waals surface area contributed by atoms with Gasteiger partial charge in [0.1, 0.15) is 0 Å². The minimum atomic E-state index is -0.309. The van der Waals surface area contributed by atoms with Crippen molar-refractivity contribution in [2.24, 2.45) is 5.92 Å². The highest BCUT2D eigenvalue weighted by Gasteiger charge is 2.12. The Labute approximate surface area is 73.5 Å². The first-order valence-corrected chi connectivity index (χ1v) is 4.36. The number of carbonyl (C=O) groups is 2. The average molecular weight is 170 g/mol. The molecule has 0 rings (SSSR count). The van der Waals surface area contributed by atoms with E-state index in [1.165, 1.54) is 0 Å². The molecule has 69 valence electrons. The molecule has 0 heterocycles. The molecule has 0 aliphatic rings. The third-order valence-corrected chi connectivity index (χ3v) is 1.47. The molecule has 0 spiro atoms. The van der Waals surface area contributed by atoms with Crippen LogP contribution in [0.5, 0.6) is 0 Å². The summed E-state index contributed by atoms with van der Waals surface area (Å²) >= 11 is 0. The summed E-state index contributed by atoms with van der Waals surface area (Å²) in [5.41, 5.74) is 0. The van der Waals surface area contributed by atoms with Crippen LogP contribution in [-0.2, 0) is 9.59 Å². The van der Waals surface area contributed by atoms with Crippen LogP contribution in [-0.4, -0.2) is 11.8 Å². The van der Waals surface area contributed by atoms with Gasteiger partial charge in [0.2, 0.25) is 5.91 Å². The van der Waals surface area contributed by atoms with Crippen molar-refractivity contribution in [1.29, 1.82) is 0 Å². The van der Waals surface area contributed by atoms with E-state index in [4.69, 9.17) is 0 Å². The monoisotopic (exact) mass is 170 g/mol. The molecule has 0 aliphatic carbocycles. The summed E-state index contributed by atoms with van der Waals surface area (Å²) in [6.07, 6.45) is 2.17. The average Bonchev–Trinajstić information content (AvgIpc) is 2.00. The zero-order chi connectivity index (χ0) is 9.56. The van der Waals surface area contributed by atoms with Crippen molar-refractivity contribution < 1.29 is 9.59 Å². The third-order valence-electron chi connectivity index (χ3n) is 1.47. The van der Waals surface area contributed by atoms with Crippen LogP contribution in [0.1, 0.15) is 40.0 Å². The number of hydrogen-bond acceptors (Lipinski definition) is 2. The van der Waals surface area contributed by atoms with Crippen molar-refractivity contribution in [1.82, 2.24) is 5.32 Å². The maximum absolute atomic E-state index is 10.9. The third kappa shape index (κ3) is 4.88. The molecule has 0 aliphatic heterocycles. The SMILES string of the molecule is CCCCC(=O)[N]C(=O)C(C)C. The van der Waals surface area contributed by atoms with Crippen LogP contribution in [0.2, 0.25) is 0 Å². The van der Waals surface area contributed by atoms with Gasteiger partial charge in [-0.2, -0.15) is 5.32 Å². The van der Waals surface area contributed by atoms with Gasteiger partial charge < -0.3 is 0 Å². The molecule has 0 aromatic carbocycles. The van der Waals surface area contributed by atoms with Crippen LogP contribution in [0, 0.1) is 5.92 Å². The quantitative estimate of drug-likeness (QED) is 0.641. The molecular formula is C9H16NO2. The molecule has 0 aromatic heterocycles. The van der Waals surface area contributed by atoms with Gasteiger partial charge in [0, 0.05) is 12.3 Å². The van der Waals surface area contributed by atoms with E-state index in [1.807, 2.05) is 6.92 Å². The van der Waals surface area contributed by atoms with Crippen molar-refractivity contribution in [3.8, 4) is 0 Å². The molecule has 1 radical (unpaired) electrons. The molecule has 0 saturated carbocycles. The van der Waals surface area contributed by atoms with Gasteiger partial charge in [0.25, 0.3) is 5.91 Å². The normalized spacial score (nSPS) is 10.0. The first-order chi connectivity index (χ1) is 5.57. The van der Waals surface area contributed by atoms with Gasteiger partial charge in [-0.05, 0) is 6.42 Å². The molecule has 0 unspecified atom stereocenters. The fourth-order valence-electron chi connectivity index (χ4n) is 0.636. The fourth-order valence-corrected chi connectivity index (χ4v) is 0.636. The highest BCUT2D eigenvalue weighted by atomic mass is 16.2. The van der Waals surface area contributed by atoms with Gasteiger partial charge in [-0.25, -0.2) is 0 Å². The smallest absolute Gasteiger partial charge is 0.251 e. The predicted molar refractivity (Wildman–Crippen MR) is 46.5 cm³/mol. The molecule has 0 N–H and O–H groups in total. The van der Waals surface area contributed by atoms with E-state index in [1.54, 1.807) is 13.8 Å². The largest absolute Gasteiger partial charge is 0.273 e. The molecule has 0 atom stereocenters. The minimum absolute atomic E-state index is 0.171. The van der Waals surface area contributed by atoms with E-state index < -0.39 is 0 Å². The molecule has 3 heteroatoms. The van der Waals surface area contributed by atoms with Gasteiger partial charge in [-0.1, -0.05) is 27.2 Å². The van der Waals surface area contributed by atoms with Crippen LogP contribution in [0.4, 0.5) is 0 Å². The fraction of sp³-hybridized carbons (Fsp3) is 0.778. The highest BCUT2D eigenvalue weighted by molar-refractivity contribution is 5.95. The Balaban J connectivity index is 3.62. The van der Waals surface area contributed by atoms with Crippen LogP contribution >= 0.6 is 0 Å². The maximum Gasteiger partial charge on any atom is 0.251 e. The zero-order valence-electron chi connectivity index (χ0n) is 7.96. The second-order valence-electron chi connectivity index (χ2n) is 3.10. The number of imide groups is 1. The number of rotatable bonds is 4. The summed E-state index contributed by atoms with van der Waals surface area (Å²) in [4.78, 5) is 21.9. The molecule has 0 aromatic rings. The zero-order valence-corrected chi connectivity index (χ0v) is 7.96. The molecule has 12 heavy (non-hydrogen) atoms. The van der Waals surface area contributed by atoms with Gasteiger partial charge in [0.15, 0.2) is 0 Å². The molecular weight excluding hydrogens is 154 g/mol. The first-order valence-electron chi connectivity index (χ1n) is 4.36. The lowest BCUT2D eigenvalue weighted by Gasteiger charge is -2.01. The summed E-state index contributed by atoms with van der Waals surface area (Å²) in [7, 11) is 0. The molecule has 0 bridgehead atoms. The molecule has 2 amide bonds. The summed E-state index contributed by atoms with van der Waals surface area (Å²) in [6, 6.07) is 0. The van der Waals surface area contributed by atoms with E-state index in [0.29, 0.717) is 6.42 Å². The predicted octanol–water partition coefficient (Wildman–Crippen LogP) is 1.49. The number of hydrogen-bond donors (Lipinski definition) is 0. The van der Waals surface area contributed by atoms with Gasteiger partial charge >= 0.3 is 0 Å². The van der Waals surface area contributed by atoms with E-state index in [9.17, 15) is 9.59 Å². The summed E-state index contributed by atoms with van der Waals surface area (Å²) in [6.45, 7) is 5.47.